The normalized spacial score (nSPS) is 27.4. The van der Waals surface area contributed by atoms with Gasteiger partial charge >= 0.3 is 6.18 Å². The topological polar surface area (TPSA) is 48.1 Å². The first kappa shape index (κ1) is 12.8. The van der Waals surface area contributed by atoms with Gasteiger partial charge in [0.1, 0.15) is 0 Å². The molecule has 1 aliphatic rings. The highest BCUT2D eigenvalue weighted by Gasteiger charge is 2.40. The highest BCUT2D eigenvalue weighted by atomic mass is 32.1. The maximum absolute atomic E-state index is 12.4. The molecule has 1 aliphatic heterocycles. The molecule has 0 aromatic carbocycles. The molecule has 7 heteroatoms. The molecule has 0 radical (unpaired) electrons. The van der Waals surface area contributed by atoms with Crippen LogP contribution in [-0.4, -0.2) is 17.2 Å². The molecule has 3 nitrogen and oxygen atoms in total. The summed E-state index contributed by atoms with van der Waals surface area (Å²) < 4.78 is 42.8. The summed E-state index contributed by atoms with van der Waals surface area (Å²) in [4.78, 5) is 3.79. The minimum Gasteiger partial charge on any atom is -0.373 e. The van der Waals surface area contributed by atoms with E-state index in [2.05, 4.69) is 4.98 Å². The van der Waals surface area contributed by atoms with Crippen molar-refractivity contribution in [2.45, 2.75) is 37.6 Å². The zero-order chi connectivity index (χ0) is 12.7. The van der Waals surface area contributed by atoms with Crippen molar-refractivity contribution in [1.29, 1.82) is 0 Å². The molecular weight excluding hydrogens is 253 g/mol. The van der Waals surface area contributed by atoms with Crippen LogP contribution in [0.15, 0.2) is 6.20 Å². The average molecular weight is 266 g/mol. The van der Waals surface area contributed by atoms with Gasteiger partial charge in [-0.05, 0) is 19.8 Å². The van der Waals surface area contributed by atoms with Crippen LogP contribution in [0.3, 0.4) is 0 Å². The van der Waals surface area contributed by atoms with E-state index in [0.29, 0.717) is 22.8 Å². The van der Waals surface area contributed by atoms with E-state index in [0.717, 1.165) is 12.8 Å². The molecule has 0 aliphatic carbocycles. The highest BCUT2D eigenvalue weighted by Crippen LogP contribution is 2.40. The Bertz CT molecular complexity index is 399. The van der Waals surface area contributed by atoms with Crippen molar-refractivity contribution in [3.05, 3.63) is 16.1 Å². The fourth-order valence-electron chi connectivity index (χ4n) is 1.91. The van der Waals surface area contributed by atoms with Crippen molar-refractivity contribution < 1.29 is 17.9 Å². The minimum atomic E-state index is -4.40. The molecule has 2 N–H and O–H groups in total. The third-order valence-corrected chi connectivity index (χ3v) is 4.11. The molecule has 1 aromatic rings. The number of nitrogens with zero attached hydrogens (tertiary/aromatic N) is 1. The Hall–Kier alpha value is -0.660. The first-order chi connectivity index (χ1) is 7.83. The van der Waals surface area contributed by atoms with Crippen LogP contribution in [0.4, 0.5) is 13.2 Å². The molecule has 1 fully saturated rings. The number of halogens is 3. The maximum atomic E-state index is 12.4. The molecule has 0 spiro atoms. The molecule has 17 heavy (non-hydrogen) atoms. The fraction of sp³-hybridized carbons (Fsp3) is 0.700. The van der Waals surface area contributed by atoms with Crippen molar-refractivity contribution in [2.75, 3.05) is 6.61 Å². The van der Waals surface area contributed by atoms with Gasteiger partial charge < -0.3 is 10.5 Å². The lowest BCUT2D eigenvalue weighted by molar-refractivity contribution is -0.137. The zero-order valence-electron chi connectivity index (χ0n) is 9.25. The van der Waals surface area contributed by atoms with Crippen molar-refractivity contribution in [1.82, 2.24) is 4.98 Å². The molecule has 2 heterocycles. The second-order valence-corrected chi connectivity index (χ2v) is 5.37. The summed E-state index contributed by atoms with van der Waals surface area (Å²) in [5.74, 6) is 0. The maximum Gasteiger partial charge on any atom is 0.443 e. The highest BCUT2D eigenvalue weighted by molar-refractivity contribution is 7.11. The first-order valence-corrected chi connectivity index (χ1v) is 6.07. The Morgan fingerprint density at radius 3 is 2.76 bits per heavy atom. The summed E-state index contributed by atoms with van der Waals surface area (Å²) in [6.45, 7) is 2.44. The standard InChI is InChI=1S/C10H13F3N2OS/c1-9(3-2-4-16-9)7(14)6-5-15-8(17-6)10(11,12)13/h5,7H,2-4,14H2,1H3. The van der Waals surface area contributed by atoms with E-state index in [1.807, 2.05) is 6.92 Å². The lowest BCUT2D eigenvalue weighted by atomic mass is 9.93. The predicted molar refractivity (Wildman–Crippen MR) is 57.6 cm³/mol. The summed E-state index contributed by atoms with van der Waals surface area (Å²) in [6.07, 6.45) is -1.56. The predicted octanol–water partition coefficient (Wildman–Crippen LogP) is 2.73. The molecule has 2 unspecified atom stereocenters. The van der Waals surface area contributed by atoms with Gasteiger partial charge in [0.25, 0.3) is 0 Å². The number of rotatable bonds is 2. The van der Waals surface area contributed by atoms with E-state index in [9.17, 15) is 13.2 Å². The van der Waals surface area contributed by atoms with Gasteiger partial charge in [-0.15, -0.1) is 11.3 Å². The second-order valence-electron chi connectivity index (χ2n) is 4.31. The van der Waals surface area contributed by atoms with E-state index in [1.165, 1.54) is 6.20 Å². The third-order valence-electron chi connectivity index (χ3n) is 2.98. The SMILES string of the molecule is CC1(C(N)c2cnc(C(F)(F)F)s2)CCCO1. The van der Waals surface area contributed by atoms with E-state index in [4.69, 9.17) is 10.5 Å². The number of aromatic nitrogens is 1. The zero-order valence-corrected chi connectivity index (χ0v) is 10.1. The summed E-state index contributed by atoms with van der Waals surface area (Å²) in [5, 5.41) is -0.857. The Morgan fingerprint density at radius 2 is 2.29 bits per heavy atom. The number of hydrogen-bond acceptors (Lipinski definition) is 4. The van der Waals surface area contributed by atoms with E-state index >= 15 is 0 Å². The molecular formula is C10H13F3N2OS. The van der Waals surface area contributed by atoms with Crippen LogP contribution in [0.2, 0.25) is 0 Å². The fourth-order valence-corrected chi connectivity index (χ4v) is 2.83. The summed E-state index contributed by atoms with van der Waals surface area (Å²) in [6, 6.07) is -0.557. The largest absolute Gasteiger partial charge is 0.443 e. The van der Waals surface area contributed by atoms with Crippen molar-refractivity contribution in [3.8, 4) is 0 Å². The molecule has 0 amide bonds. The monoisotopic (exact) mass is 266 g/mol. The van der Waals surface area contributed by atoms with E-state index in [1.54, 1.807) is 0 Å². The number of alkyl halides is 3. The molecule has 96 valence electrons. The van der Waals surface area contributed by atoms with Gasteiger partial charge in [0.2, 0.25) is 0 Å². The van der Waals surface area contributed by atoms with Crippen LogP contribution in [-0.2, 0) is 10.9 Å². The number of nitrogens with two attached hydrogens (primary N) is 1. The van der Waals surface area contributed by atoms with Gasteiger partial charge in [-0.3, -0.25) is 0 Å². The van der Waals surface area contributed by atoms with Crippen LogP contribution >= 0.6 is 11.3 Å². The first-order valence-electron chi connectivity index (χ1n) is 5.25. The molecule has 0 bridgehead atoms. The van der Waals surface area contributed by atoms with Crippen LogP contribution in [0.1, 0.15) is 35.7 Å². The van der Waals surface area contributed by atoms with Crippen molar-refractivity contribution in [2.24, 2.45) is 5.73 Å². The van der Waals surface area contributed by atoms with Crippen molar-refractivity contribution in [3.63, 3.8) is 0 Å². The average Bonchev–Trinajstić information content (AvgIpc) is 2.84. The quantitative estimate of drug-likeness (QED) is 0.895. The molecule has 1 saturated heterocycles. The van der Waals surface area contributed by atoms with E-state index < -0.39 is 22.8 Å². The van der Waals surface area contributed by atoms with Crippen LogP contribution in [0.25, 0.3) is 0 Å². The lowest BCUT2D eigenvalue weighted by Crippen LogP contribution is -2.37. The van der Waals surface area contributed by atoms with E-state index in [-0.39, 0.29) is 0 Å². The second kappa shape index (κ2) is 4.22. The number of ether oxygens (including phenoxy) is 1. The van der Waals surface area contributed by atoms with Gasteiger partial charge in [-0.2, -0.15) is 13.2 Å². The Balaban J connectivity index is 2.20. The van der Waals surface area contributed by atoms with Crippen molar-refractivity contribution >= 4 is 11.3 Å². The van der Waals surface area contributed by atoms with Gasteiger partial charge in [0.05, 0.1) is 11.6 Å². The van der Waals surface area contributed by atoms with Gasteiger partial charge in [0.15, 0.2) is 5.01 Å². The smallest absolute Gasteiger partial charge is 0.373 e. The summed E-state index contributed by atoms with van der Waals surface area (Å²) in [5.41, 5.74) is 5.40. The number of hydrogen-bond donors (Lipinski definition) is 1. The number of thiazole rings is 1. The van der Waals surface area contributed by atoms with Crippen LogP contribution in [0, 0.1) is 0 Å². The molecule has 0 saturated carbocycles. The van der Waals surface area contributed by atoms with Gasteiger partial charge in [0, 0.05) is 17.7 Å². The van der Waals surface area contributed by atoms with Crippen LogP contribution < -0.4 is 5.73 Å². The van der Waals surface area contributed by atoms with Gasteiger partial charge in [-0.25, -0.2) is 4.98 Å². The molecule has 1 aromatic heterocycles. The minimum absolute atomic E-state index is 0.418. The summed E-state index contributed by atoms with van der Waals surface area (Å²) >= 11 is 0.592. The Kier molecular flexibility index (Phi) is 3.17. The lowest BCUT2D eigenvalue weighted by Gasteiger charge is -2.29. The van der Waals surface area contributed by atoms with Crippen LogP contribution in [0.5, 0.6) is 0 Å². The van der Waals surface area contributed by atoms with Gasteiger partial charge in [-0.1, -0.05) is 0 Å². The molecule has 2 rings (SSSR count). The third kappa shape index (κ3) is 2.46. The Labute approximate surface area is 101 Å². The summed E-state index contributed by atoms with van der Waals surface area (Å²) in [7, 11) is 0. The molecule has 2 atom stereocenters. The Morgan fingerprint density at radius 1 is 1.59 bits per heavy atom.